The minimum atomic E-state index is 0.391. The van der Waals surface area contributed by atoms with Gasteiger partial charge in [0.2, 0.25) is 0 Å². The molecule has 0 bridgehead atoms. The van der Waals surface area contributed by atoms with Gasteiger partial charge in [0.15, 0.2) is 0 Å². The molecule has 0 spiro atoms. The third-order valence-corrected chi connectivity index (χ3v) is 5.13. The van der Waals surface area contributed by atoms with Crippen molar-refractivity contribution in [3.05, 3.63) is 50.6 Å². The molecular formula is C15H19BrN2S. The van der Waals surface area contributed by atoms with Gasteiger partial charge < -0.3 is 10.2 Å². The van der Waals surface area contributed by atoms with Crippen LogP contribution in [-0.2, 0) is 6.54 Å². The summed E-state index contributed by atoms with van der Waals surface area (Å²) in [6.45, 7) is 3.12. The largest absolute Gasteiger partial charge is 0.367 e. The number of halogens is 1. The van der Waals surface area contributed by atoms with Crippen molar-refractivity contribution in [2.24, 2.45) is 0 Å². The van der Waals surface area contributed by atoms with Crippen LogP contribution in [0.2, 0.25) is 0 Å². The molecule has 0 fully saturated rings. The average Bonchev–Trinajstić information content (AvgIpc) is 2.93. The second kappa shape index (κ2) is 6.55. The van der Waals surface area contributed by atoms with E-state index >= 15 is 0 Å². The highest BCUT2D eigenvalue weighted by molar-refractivity contribution is 9.10. The molecule has 102 valence electrons. The monoisotopic (exact) mass is 338 g/mol. The van der Waals surface area contributed by atoms with Gasteiger partial charge in [0.05, 0.1) is 6.04 Å². The summed E-state index contributed by atoms with van der Waals surface area (Å²) in [7, 11) is 4.11. The maximum atomic E-state index is 3.65. The zero-order chi connectivity index (χ0) is 13.8. The van der Waals surface area contributed by atoms with E-state index in [0.717, 1.165) is 11.0 Å². The Hall–Kier alpha value is -0.840. The first-order chi connectivity index (χ1) is 9.13. The molecule has 1 unspecified atom stereocenters. The number of rotatable bonds is 5. The SMILES string of the molecule is CNCc1ccc(N(C)C(C)c2cccs2)cc1Br. The van der Waals surface area contributed by atoms with Crippen molar-refractivity contribution in [2.75, 3.05) is 19.0 Å². The van der Waals surface area contributed by atoms with Gasteiger partial charge in [-0.1, -0.05) is 28.1 Å². The quantitative estimate of drug-likeness (QED) is 0.867. The standard InChI is InChI=1S/C15H19BrN2S/c1-11(15-5-4-8-19-15)18(3)13-7-6-12(10-17-2)14(16)9-13/h4-9,11,17H,10H2,1-3H3. The maximum Gasteiger partial charge on any atom is 0.0603 e. The Bertz CT molecular complexity index is 525. The number of anilines is 1. The second-order valence-corrected chi connectivity index (χ2v) is 6.44. The number of hydrogen-bond acceptors (Lipinski definition) is 3. The van der Waals surface area contributed by atoms with Crippen molar-refractivity contribution in [3.8, 4) is 0 Å². The third kappa shape index (κ3) is 3.38. The summed E-state index contributed by atoms with van der Waals surface area (Å²) in [6.07, 6.45) is 0. The summed E-state index contributed by atoms with van der Waals surface area (Å²) in [5, 5.41) is 5.31. The smallest absolute Gasteiger partial charge is 0.0603 e. The molecule has 1 N–H and O–H groups in total. The molecule has 0 amide bonds. The van der Waals surface area contributed by atoms with E-state index in [1.165, 1.54) is 16.1 Å². The van der Waals surface area contributed by atoms with Gasteiger partial charge in [-0.2, -0.15) is 0 Å². The lowest BCUT2D eigenvalue weighted by Gasteiger charge is -2.26. The van der Waals surface area contributed by atoms with Crippen LogP contribution in [0, 0.1) is 0 Å². The number of nitrogens with one attached hydrogen (secondary N) is 1. The Morgan fingerprint density at radius 3 is 2.74 bits per heavy atom. The molecule has 2 nitrogen and oxygen atoms in total. The van der Waals surface area contributed by atoms with Gasteiger partial charge >= 0.3 is 0 Å². The van der Waals surface area contributed by atoms with E-state index in [4.69, 9.17) is 0 Å². The zero-order valence-electron chi connectivity index (χ0n) is 11.5. The van der Waals surface area contributed by atoms with Crippen molar-refractivity contribution in [1.29, 1.82) is 0 Å². The highest BCUT2D eigenvalue weighted by Crippen LogP contribution is 2.30. The lowest BCUT2D eigenvalue weighted by atomic mass is 10.1. The molecule has 0 aliphatic heterocycles. The van der Waals surface area contributed by atoms with Crippen LogP contribution in [-0.4, -0.2) is 14.1 Å². The van der Waals surface area contributed by atoms with Crippen molar-refractivity contribution in [2.45, 2.75) is 19.5 Å². The lowest BCUT2D eigenvalue weighted by Crippen LogP contribution is -2.20. The van der Waals surface area contributed by atoms with Crippen LogP contribution in [0.4, 0.5) is 5.69 Å². The van der Waals surface area contributed by atoms with Gasteiger partial charge in [-0.3, -0.25) is 0 Å². The molecule has 0 saturated carbocycles. The first-order valence-corrected chi connectivity index (χ1v) is 8.00. The molecule has 0 saturated heterocycles. The molecule has 1 heterocycles. The summed E-state index contributed by atoms with van der Waals surface area (Å²) in [6, 6.07) is 11.2. The fourth-order valence-electron chi connectivity index (χ4n) is 2.03. The van der Waals surface area contributed by atoms with Gasteiger partial charge in [0, 0.05) is 28.6 Å². The second-order valence-electron chi connectivity index (χ2n) is 4.61. The minimum Gasteiger partial charge on any atom is -0.367 e. The van der Waals surface area contributed by atoms with E-state index in [1.807, 2.05) is 7.05 Å². The van der Waals surface area contributed by atoms with Crippen molar-refractivity contribution in [1.82, 2.24) is 5.32 Å². The summed E-state index contributed by atoms with van der Waals surface area (Å²) in [5.74, 6) is 0. The maximum absolute atomic E-state index is 3.65. The van der Waals surface area contributed by atoms with Crippen molar-refractivity contribution < 1.29 is 0 Å². The highest BCUT2D eigenvalue weighted by atomic mass is 79.9. The molecule has 19 heavy (non-hydrogen) atoms. The van der Waals surface area contributed by atoms with E-state index < -0.39 is 0 Å². The van der Waals surface area contributed by atoms with E-state index in [0.29, 0.717) is 6.04 Å². The molecular weight excluding hydrogens is 320 g/mol. The Labute approximate surface area is 127 Å². The van der Waals surface area contributed by atoms with Crippen LogP contribution in [0.5, 0.6) is 0 Å². The van der Waals surface area contributed by atoms with Crippen LogP contribution in [0.25, 0.3) is 0 Å². The fraction of sp³-hybridized carbons (Fsp3) is 0.333. The summed E-state index contributed by atoms with van der Waals surface area (Å²) >= 11 is 5.46. The van der Waals surface area contributed by atoms with Gasteiger partial charge in [0.25, 0.3) is 0 Å². The van der Waals surface area contributed by atoms with E-state index in [1.54, 1.807) is 11.3 Å². The highest BCUT2D eigenvalue weighted by Gasteiger charge is 2.14. The Morgan fingerprint density at radius 2 is 2.16 bits per heavy atom. The Balaban J connectivity index is 2.19. The van der Waals surface area contributed by atoms with Gasteiger partial charge in [-0.25, -0.2) is 0 Å². The fourth-order valence-corrected chi connectivity index (χ4v) is 3.37. The normalized spacial score (nSPS) is 12.4. The van der Waals surface area contributed by atoms with Gasteiger partial charge in [-0.05, 0) is 43.1 Å². The van der Waals surface area contributed by atoms with Crippen LogP contribution in [0.3, 0.4) is 0 Å². The van der Waals surface area contributed by atoms with E-state index in [-0.39, 0.29) is 0 Å². The summed E-state index contributed by atoms with van der Waals surface area (Å²) in [4.78, 5) is 3.69. The van der Waals surface area contributed by atoms with Crippen molar-refractivity contribution >= 4 is 33.0 Å². The number of hydrogen-bond donors (Lipinski definition) is 1. The third-order valence-electron chi connectivity index (χ3n) is 3.35. The predicted octanol–water partition coefficient (Wildman–Crippen LogP) is 4.43. The Kier molecular flexibility index (Phi) is 5.02. The molecule has 4 heteroatoms. The first kappa shape index (κ1) is 14.6. The summed E-state index contributed by atoms with van der Waals surface area (Å²) < 4.78 is 1.16. The minimum absolute atomic E-state index is 0.391. The Morgan fingerprint density at radius 1 is 1.37 bits per heavy atom. The van der Waals surface area contributed by atoms with Crippen LogP contribution < -0.4 is 10.2 Å². The van der Waals surface area contributed by atoms with E-state index in [9.17, 15) is 0 Å². The van der Waals surface area contributed by atoms with Gasteiger partial charge in [-0.15, -0.1) is 11.3 Å². The number of benzene rings is 1. The van der Waals surface area contributed by atoms with Crippen LogP contribution in [0.1, 0.15) is 23.4 Å². The zero-order valence-corrected chi connectivity index (χ0v) is 13.9. The number of thiophene rings is 1. The first-order valence-electron chi connectivity index (χ1n) is 6.32. The van der Waals surface area contributed by atoms with Crippen molar-refractivity contribution in [3.63, 3.8) is 0 Å². The van der Waals surface area contributed by atoms with Crippen LogP contribution in [0.15, 0.2) is 40.2 Å². The molecule has 0 aliphatic carbocycles. The van der Waals surface area contributed by atoms with Crippen LogP contribution >= 0.6 is 27.3 Å². The molecule has 1 aromatic carbocycles. The molecule has 1 atom stereocenters. The predicted molar refractivity (Wildman–Crippen MR) is 88.0 cm³/mol. The average molecular weight is 339 g/mol. The molecule has 0 aliphatic rings. The van der Waals surface area contributed by atoms with E-state index in [2.05, 4.69) is 75.8 Å². The molecule has 2 rings (SSSR count). The summed E-state index contributed by atoms with van der Waals surface area (Å²) in [5.41, 5.74) is 2.51. The molecule has 0 radical (unpaired) electrons. The molecule has 2 aromatic rings. The number of nitrogens with zero attached hydrogens (tertiary/aromatic N) is 1. The van der Waals surface area contributed by atoms with Gasteiger partial charge in [0.1, 0.15) is 0 Å². The lowest BCUT2D eigenvalue weighted by molar-refractivity contribution is 0.752. The molecule has 1 aromatic heterocycles. The topological polar surface area (TPSA) is 15.3 Å².